The highest BCUT2D eigenvalue weighted by Crippen LogP contribution is 2.26. The van der Waals surface area contributed by atoms with E-state index in [0.717, 1.165) is 47.6 Å². The number of nitrogens with one attached hydrogen (secondary N) is 1. The third-order valence-corrected chi connectivity index (χ3v) is 7.45. The molecule has 0 amide bonds. The summed E-state index contributed by atoms with van der Waals surface area (Å²) in [5.41, 5.74) is 4.41. The number of aryl methyl sites for hydroxylation is 3. The monoisotopic (exact) mass is 413 g/mol. The molecule has 0 spiro atoms. The molecule has 0 atom stereocenters. The maximum Gasteiger partial charge on any atom is 0.243 e. The van der Waals surface area contributed by atoms with Crippen molar-refractivity contribution in [3.63, 3.8) is 0 Å². The highest BCUT2D eigenvalue weighted by atomic mass is 32.2. The Balaban J connectivity index is 1.56. The van der Waals surface area contributed by atoms with Gasteiger partial charge in [0.1, 0.15) is 0 Å². The molecule has 154 valence electrons. The van der Waals surface area contributed by atoms with Gasteiger partial charge in [-0.25, -0.2) is 18.4 Å². The maximum absolute atomic E-state index is 13.1. The van der Waals surface area contributed by atoms with Crippen LogP contribution < -0.4 is 5.32 Å². The van der Waals surface area contributed by atoms with Crippen LogP contribution in [0.5, 0.6) is 0 Å². The molecule has 2 aromatic heterocycles. The maximum atomic E-state index is 13.1. The molecule has 1 fully saturated rings. The van der Waals surface area contributed by atoms with Gasteiger partial charge in [0.25, 0.3) is 0 Å². The number of hydrogen-bond donors (Lipinski definition) is 1. The quantitative estimate of drug-likeness (QED) is 0.693. The lowest BCUT2D eigenvalue weighted by Crippen LogP contribution is -2.36. The molecule has 4 rings (SSSR count). The van der Waals surface area contributed by atoms with E-state index in [1.807, 2.05) is 49.6 Å². The normalized spacial score (nSPS) is 15.7. The second-order valence-electron chi connectivity index (χ2n) is 7.74. The Labute approximate surface area is 171 Å². The summed E-state index contributed by atoms with van der Waals surface area (Å²) in [5.74, 6) is 0.677. The van der Waals surface area contributed by atoms with Crippen molar-refractivity contribution in [1.82, 2.24) is 18.7 Å². The van der Waals surface area contributed by atoms with Crippen molar-refractivity contribution in [3.05, 3.63) is 53.1 Å². The van der Waals surface area contributed by atoms with Crippen LogP contribution in [-0.4, -0.2) is 40.2 Å². The second-order valence-corrected chi connectivity index (χ2v) is 9.65. The first-order valence-corrected chi connectivity index (χ1v) is 11.5. The van der Waals surface area contributed by atoms with Crippen LogP contribution in [0.4, 0.5) is 5.69 Å². The molecule has 1 aliphatic rings. The summed E-state index contributed by atoms with van der Waals surface area (Å²) in [5, 5.41) is 3.31. The van der Waals surface area contributed by atoms with E-state index in [1.54, 1.807) is 10.4 Å². The molecule has 0 radical (unpaired) electrons. The Morgan fingerprint density at radius 2 is 1.79 bits per heavy atom. The van der Waals surface area contributed by atoms with Gasteiger partial charge in [0.15, 0.2) is 0 Å². The molecule has 1 N–H and O–H groups in total. The zero-order valence-corrected chi connectivity index (χ0v) is 18.0. The van der Waals surface area contributed by atoms with E-state index in [2.05, 4.69) is 15.3 Å². The average Bonchev–Trinajstić information content (AvgIpc) is 3.11. The molecular formula is C21H27N5O2S. The van der Waals surface area contributed by atoms with E-state index >= 15 is 0 Å². The minimum Gasteiger partial charge on any atom is -0.379 e. The molecule has 3 aromatic rings. The number of aromatic nitrogens is 3. The van der Waals surface area contributed by atoms with Crippen molar-refractivity contribution in [2.45, 2.75) is 51.5 Å². The van der Waals surface area contributed by atoms with Gasteiger partial charge in [-0.1, -0.05) is 12.5 Å². The molecule has 1 saturated heterocycles. The van der Waals surface area contributed by atoms with Gasteiger partial charge in [-0.05, 0) is 57.4 Å². The van der Waals surface area contributed by atoms with Crippen LogP contribution in [0.25, 0.3) is 5.78 Å². The van der Waals surface area contributed by atoms with Crippen LogP contribution in [0, 0.1) is 20.8 Å². The predicted molar refractivity (Wildman–Crippen MR) is 114 cm³/mol. The largest absolute Gasteiger partial charge is 0.379 e. The summed E-state index contributed by atoms with van der Waals surface area (Å²) in [6, 6.07) is 7.53. The fourth-order valence-electron chi connectivity index (χ4n) is 3.83. The smallest absolute Gasteiger partial charge is 0.243 e. The zero-order valence-electron chi connectivity index (χ0n) is 17.1. The zero-order chi connectivity index (χ0) is 20.6. The Kier molecular flexibility index (Phi) is 5.31. The van der Waals surface area contributed by atoms with Crippen LogP contribution in [-0.2, 0) is 16.6 Å². The Morgan fingerprint density at radius 3 is 2.55 bits per heavy atom. The first kappa shape index (κ1) is 19.8. The number of hydrogen-bond acceptors (Lipinski definition) is 5. The van der Waals surface area contributed by atoms with Gasteiger partial charge < -0.3 is 5.32 Å². The molecule has 3 heterocycles. The van der Waals surface area contributed by atoms with Crippen molar-refractivity contribution in [2.24, 2.45) is 0 Å². The fraction of sp³-hybridized carbons (Fsp3) is 0.429. The number of benzene rings is 1. The first-order chi connectivity index (χ1) is 13.8. The van der Waals surface area contributed by atoms with Crippen molar-refractivity contribution in [1.29, 1.82) is 0 Å². The minimum atomic E-state index is -3.47. The third kappa shape index (κ3) is 4.00. The van der Waals surface area contributed by atoms with Crippen LogP contribution in [0.3, 0.4) is 0 Å². The molecule has 1 aromatic carbocycles. The summed E-state index contributed by atoms with van der Waals surface area (Å²) in [4.78, 5) is 9.42. The number of piperidine rings is 1. The minimum absolute atomic E-state index is 0.382. The second kappa shape index (κ2) is 7.76. The Hall–Kier alpha value is -2.45. The van der Waals surface area contributed by atoms with Gasteiger partial charge in [0.05, 0.1) is 17.1 Å². The topological polar surface area (TPSA) is 79.6 Å². The highest BCUT2D eigenvalue weighted by molar-refractivity contribution is 7.89. The van der Waals surface area contributed by atoms with Gasteiger partial charge in [-0.15, -0.1) is 0 Å². The van der Waals surface area contributed by atoms with E-state index in [0.29, 0.717) is 30.3 Å². The summed E-state index contributed by atoms with van der Waals surface area (Å²) >= 11 is 0. The highest BCUT2D eigenvalue weighted by Gasteiger charge is 2.27. The number of anilines is 1. The van der Waals surface area contributed by atoms with Crippen LogP contribution >= 0.6 is 0 Å². The van der Waals surface area contributed by atoms with Crippen molar-refractivity contribution < 1.29 is 8.42 Å². The summed E-state index contributed by atoms with van der Waals surface area (Å²) in [6.45, 7) is 7.53. The predicted octanol–water partition coefficient (Wildman–Crippen LogP) is 3.44. The Bertz CT molecular complexity index is 1150. The van der Waals surface area contributed by atoms with Gasteiger partial charge in [0, 0.05) is 36.4 Å². The number of imidazole rings is 1. The number of fused-ring (bicyclic) bond motifs is 1. The number of nitrogens with zero attached hydrogens (tertiary/aromatic N) is 4. The molecule has 8 heteroatoms. The molecule has 7 nitrogen and oxygen atoms in total. The number of sulfonamides is 1. The molecule has 0 unspecified atom stereocenters. The van der Waals surface area contributed by atoms with Gasteiger partial charge >= 0.3 is 0 Å². The standard InChI is InChI=1S/C21H27N5O2S/c1-15-7-8-18(12-20(15)29(27,28)25-9-5-4-6-10-25)22-13-19-14-26-17(3)11-16(2)23-21(26)24-19/h7-8,11-12,14,22H,4-6,9-10,13H2,1-3H3. The molecule has 29 heavy (non-hydrogen) atoms. The number of rotatable bonds is 5. The van der Waals surface area contributed by atoms with E-state index in [9.17, 15) is 8.42 Å². The van der Waals surface area contributed by atoms with Crippen LogP contribution in [0.15, 0.2) is 35.4 Å². The van der Waals surface area contributed by atoms with E-state index in [4.69, 9.17) is 0 Å². The van der Waals surface area contributed by atoms with Gasteiger partial charge in [0.2, 0.25) is 15.8 Å². The fourth-order valence-corrected chi connectivity index (χ4v) is 5.60. The van der Waals surface area contributed by atoms with Crippen molar-refractivity contribution in [3.8, 4) is 0 Å². The van der Waals surface area contributed by atoms with E-state index in [1.165, 1.54) is 0 Å². The van der Waals surface area contributed by atoms with E-state index < -0.39 is 10.0 Å². The molecule has 1 aliphatic heterocycles. The van der Waals surface area contributed by atoms with Gasteiger partial charge in [-0.2, -0.15) is 4.31 Å². The molecule has 0 saturated carbocycles. The summed E-state index contributed by atoms with van der Waals surface area (Å²) in [6.07, 6.45) is 4.91. The third-order valence-electron chi connectivity index (χ3n) is 5.41. The molecular weight excluding hydrogens is 386 g/mol. The lowest BCUT2D eigenvalue weighted by atomic mass is 10.2. The summed E-state index contributed by atoms with van der Waals surface area (Å²) in [7, 11) is -3.47. The molecule has 0 aliphatic carbocycles. The van der Waals surface area contributed by atoms with Crippen LogP contribution in [0.1, 0.15) is 41.9 Å². The lowest BCUT2D eigenvalue weighted by molar-refractivity contribution is 0.346. The van der Waals surface area contributed by atoms with Crippen molar-refractivity contribution >= 4 is 21.5 Å². The van der Waals surface area contributed by atoms with Crippen molar-refractivity contribution in [2.75, 3.05) is 18.4 Å². The molecule has 0 bridgehead atoms. The van der Waals surface area contributed by atoms with Gasteiger partial charge in [-0.3, -0.25) is 4.40 Å². The van der Waals surface area contributed by atoms with E-state index in [-0.39, 0.29) is 0 Å². The Morgan fingerprint density at radius 1 is 1.03 bits per heavy atom. The lowest BCUT2D eigenvalue weighted by Gasteiger charge is -2.26. The first-order valence-electron chi connectivity index (χ1n) is 10.0. The summed E-state index contributed by atoms with van der Waals surface area (Å²) < 4.78 is 29.8. The van der Waals surface area contributed by atoms with Crippen LogP contribution in [0.2, 0.25) is 0 Å². The SMILES string of the molecule is Cc1cc(C)n2cc(CNc3ccc(C)c(S(=O)(=O)N4CCCCC4)c3)nc2n1. The average molecular weight is 414 g/mol.